The highest BCUT2D eigenvalue weighted by atomic mass is 16.6. The van der Waals surface area contributed by atoms with Crippen LogP contribution in [0.4, 0.5) is 0 Å². The zero-order valence-electron chi connectivity index (χ0n) is 44.5. The molecule has 3 atom stereocenters. The smallest absolute Gasteiger partial charge is 0.248 e. The number of phenols is 1. The molecule has 1 saturated carbocycles. The quantitative estimate of drug-likeness (QED) is 0.0247. The van der Waals surface area contributed by atoms with E-state index < -0.39 is 12.1 Å². The van der Waals surface area contributed by atoms with Gasteiger partial charge in [0.2, 0.25) is 17.7 Å². The van der Waals surface area contributed by atoms with E-state index in [1.54, 1.807) is 74.7 Å². The van der Waals surface area contributed by atoms with Gasteiger partial charge in [-0.3, -0.25) is 24.2 Å². The van der Waals surface area contributed by atoms with Crippen LogP contribution < -0.4 is 20.1 Å². The van der Waals surface area contributed by atoms with Crippen molar-refractivity contribution in [2.24, 2.45) is 5.92 Å². The van der Waals surface area contributed by atoms with Gasteiger partial charge in [0.05, 0.1) is 51.7 Å². The van der Waals surface area contributed by atoms with Gasteiger partial charge in [0, 0.05) is 37.1 Å². The number of likely N-dealkylation sites (N-methyl/N-ethyl adjacent to an activating group) is 2. The molecule has 1 aromatic heterocycles. The minimum absolute atomic E-state index is 0.0661. The topological polar surface area (TPSA) is 178 Å². The van der Waals surface area contributed by atoms with E-state index in [0.29, 0.717) is 68.7 Å². The molecule has 1 aliphatic carbocycles. The van der Waals surface area contributed by atoms with Crippen LogP contribution >= 0.6 is 0 Å². The maximum atomic E-state index is 14.3. The Balaban J connectivity index is 0.770. The molecule has 7 rings (SSSR count). The first-order valence-corrected chi connectivity index (χ1v) is 26.8. The molecule has 0 radical (unpaired) electrons. The number of nitrogens with one attached hydrogen (secondary N) is 2. The number of carbonyl (C=O) groups excluding carboxylic acids is 4. The Labute approximate surface area is 447 Å². The molecular formula is C61H75N5O10. The molecule has 1 saturated heterocycles. The Hall–Kier alpha value is -6.91. The summed E-state index contributed by atoms with van der Waals surface area (Å²) in [6.07, 6.45) is 10.7. The van der Waals surface area contributed by atoms with Crippen LogP contribution in [0.15, 0.2) is 122 Å². The molecule has 3 unspecified atom stereocenters. The fourth-order valence-electron chi connectivity index (χ4n) is 9.85. The molecule has 3 amide bonds. The van der Waals surface area contributed by atoms with Gasteiger partial charge in [-0.25, -0.2) is 0 Å². The van der Waals surface area contributed by atoms with E-state index in [1.807, 2.05) is 65.6 Å². The van der Waals surface area contributed by atoms with E-state index in [-0.39, 0.29) is 61.0 Å². The summed E-state index contributed by atoms with van der Waals surface area (Å²) in [5, 5.41) is 16.0. The van der Waals surface area contributed by atoms with Crippen molar-refractivity contribution >= 4 is 34.7 Å². The number of ether oxygens (including phenoxy) is 5. The molecule has 4 aromatic carbocycles. The summed E-state index contributed by atoms with van der Waals surface area (Å²) in [6, 6.07) is 33.1. The summed E-state index contributed by atoms with van der Waals surface area (Å²) in [6.45, 7) is 6.95. The van der Waals surface area contributed by atoms with Crippen molar-refractivity contribution in [3.05, 3.63) is 155 Å². The van der Waals surface area contributed by atoms with Crippen LogP contribution in [0.25, 0.3) is 11.1 Å². The second-order valence-electron chi connectivity index (χ2n) is 19.4. The average molecular weight is 1040 g/mol. The van der Waals surface area contributed by atoms with E-state index in [9.17, 15) is 24.3 Å². The number of nitrogens with zero attached hydrogens (tertiary/aromatic N) is 3. The number of carbonyl (C=O) groups is 4. The van der Waals surface area contributed by atoms with Crippen molar-refractivity contribution in [3.63, 3.8) is 0 Å². The Morgan fingerprint density at radius 2 is 1.36 bits per heavy atom. The molecule has 15 heteroatoms. The lowest BCUT2D eigenvalue weighted by Gasteiger charge is -2.35. The van der Waals surface area contributed by atoms with Crippen LogP contribution in [0, 0.1) is 5.92 Å². The summed E-state index contributed by atoms with van der Waals surface area (Å²) in [5.41, 5.74) is 7.14. The highest BCUT2D eigenvalue weighted by molar-refractivity contribution is 6.09. The predicted molar refractivity (Wildman–Crippen MR) is 293 cm³/mol. The minimum atomic E-state index is -0.595. The van der Waals surface area contributed by atoms with Crippen LogP contribution in [-0.4, -0.2) is 136 Å². The van der Waals surface area contributed by atoms with Gasteiger partial charge in [0.15, 0.2) is 5.78 Å². The van der Waals surface area contributed by atoms with Gasteiger partial charge in [0.1, 0.15) is 43.1 Å². The molecule has 1 aliphatic heterocycles. The van der Waals surface area contributed by atoms with Crippen LogP contribution in [0.2, 0.25) is 0 Å². The molecule has 2 aliphatic rings. The first kappa shape index (κ1) is 56.8. The molecule has 3 N–H and O–H groups in total. The third-order valence-electron chi connectivity index (χ3n) is 14.2. The van der Waals surface area contributed by atoms with Gasteiger partial charge in [0.25, 0.3) is 0 Å². The third-order valence-corrected chi connectivity index (χ3v) is 14.2. The summed E-state index contributed by atoms with van der Waals surface area (Å²) in [7, 11) is 3.45. The number of ketones is 1. The maximum Gasteiger partial charge on any atom is 0.248 e. The monoisotopic (exact) mass is 1040 g/mol. The van der Waals surface area contributed by atoms with Crippen molar-refractivity contribution in [2.45, 2.75) is 83.3 Å². The zero-order valence-corrected chi connectivity index (χ0v) is 44.5. The van der Waals surface area contributed by atoms with Gasteiger partial charge >= 0.3 is 0 Å². The first-order valence-electron chi connectivity index (χ1n) is 26.8. The number of aromatic hydroxyl groups is 1. The predicted octanol–water partition coefficient (Wildman–Crippen LogP) is 8.69. The summed E-state index contributed by atoms with van der Waals surface area (Å²) >= 11 is 0. The van der Waals surface area contributed by atoms with Gasteiger partial charge in [-0.2, -0.15) is 0 Å². The summed E-state index contributed by atoms with van der Waals surface area (Å²) < 4.78 is 28.8. The van der Waals surface area contributed by atoms with Gasteiger partial charge in [-0.05, 0) is 128 Å². The van der Waals surface area contributed by atoms with E-state index in [1.165, 1.54) is 5.57 Å². The molecular weight excluding hydrogens is 963 g/mol. The van der Waals surface area contributed by atoms with Gasteiger partial charge in [-0.15, -0.1) is 0 Å². The number of rotatable bonds is 28. The van der Waals surface area contributed by atoms with Crippen molar-refractivity contribution in [3.8, 4) is 17.2 Å². The minimum Gasteiger partial charge on any atom is -0.508 e. The molecule has 2 heterocycles. The van der Waals surface area contributed by atoms with E-state index in [4.69, 9.17) is 23.7 Å². The molecule has 2 fully saturated rings. The number of benzene rings is 4. The Bertz CT molecular complexity index is 2670. The van der Waals surface area contributed by atoms with Gasteiger partial charge < -0.3 is 49.2 Å². The lowest BCUT2D eigenvalue weighted by Crippen LogP contribution is -2.55. The highest BCUT2D eigenvalue weighted by Gasteiger charge is 2.39. The van der Waals surface area contributed by atoms with Crippen LogP contribution in [0.5, 0.6) is 17.2 Å². The first-order chi connectivity index (χ1) is 37.0. The van der Waals surface area contributed by atoms with Crippen LogP contribution in [-0.2, 0) is 28.6 Å². The molecule has 0 spiro atoms. The second-order valence-corrected chi connectivity index (χ2v) is 19.4. The number of hydrogen-bond acceptors (Lipinski definition) is 12. The number of aromatic nitrogens is 1. The number of hydrogen-bond donors (Lipinski definition) is 3. The normalized spacial score (nSPS) is 15.8. The molecule has 404 valence electrons. The number of pyridine rings is 1. The second kappa shape index (κ2) is 29.4. The fraction of sp³-hybridized carbons (Fsp3) is 0.426. The number of likely N-dealkylation sites (tertiary alicyclic amines) is 1. The average Bonchev–Trinajstić information content (AvgIpc) is 3.96. The molecule has 76 heavy (non-hydrogen) atoms. The third kappa shape index (κ3) is 16.1. The van der Waals surface area contributed by atoms with Crippen molar-refractivity contribution < 1.29 is 48.0 Å². The summed E-state index contributed by atoms with van der Waals surface area (Å²) in [4.78, 5) is 61.7. The Morgan fingerprint density at radius 3 is 2.05 bits per heavy atom. The van der Waals surface area contributed by atoms with E-state index in [0.717, 1.165) is 79.2 Å². The standard InChI is InChI=1S/C61H75N5O10/c1-5-54(44-14-8-6-9-15-44)57(45-21-25-51(67)26-22-45)46-23-27-52(28-24-46)75-31-30-65(4)56(68)42-74-35-34-72-32-33-73-36-37-76-53-19-12-18-48(39-53)59(69)50-38-49(40-63-41-50)55-20-13-29-66(55)61(71)58(47-16-10-7-11-17-47)64-60(70)43(2)62-3/h6,8-9,12,14-15,18-19,21-28,38-41,43,47,55,58,62,67H,5,7,10-11,13,16-17,20,29-37,42H2,1-4H3,(H,64,70). The lowest BCUT2D eigenvalue weighted by atomic mass is 9.83. The maximum absolute atomic E-state index is 14.3. The van der Waals surface area contributed by atoms with E-state index in [2.05, 4.69) is 34.7 Å². The lowest BCUT2D eigenvalue weighted by molar-refractivity contribution is -0.139. The zero-order chi connectivity index (χ0) is 53.7. The Kier molecular flexibility index (Phi) is 22.0. The van der Waals surface area contributed by atoms with E-state index >= 15 is 0 Å². The SMILES string of the molecule is CCC(=C(c1ccc(O)cc1)c1ccc(OCCN(C)C(=O)COCCOCCOCCOc2cccc(C(=O)c3cncc(C4CCCN4C(=O)C(NC(=O)C(C)NC)C4CCCCC4)c3)c2)cc1)c1ccccc1. The highest BCUT2D eigenvalue weighted by Crippen LogP contribution is 2.37. The number of allylic oxidation sites excluding steroid dienone is 1. The Morgan fingerprint density at radius 1 is 0.697 bits per heavy atom. The molecule has 5 aromatic rings. The fourth-order valence-corrected chi connectivity index (χ4v) is 9.85. The van der Waals surface area contributed by atoms with Crippen molar-refractivity contribution in [2.75, 3.05) is 80.0 Å². The number of phenolic OH excluding ortho intramolecular Hbond substituents is 1. The van der Waals surface area contributed by atoms with Crippen LogP contribution in [0.1, 0.15) is 109 Å². The van der Waals surface area contributed by atoms with Crippen molar-refractivity contribution in [1.29, 1.82) is 0 Å². The largest absolute Gasteiger partial charge is 0.508 e. The van der Waals surface area contributed by atoms with Gasteiger partial charge in [-0.1, -0.05) is 92.9 Å². The molecule has 0 bridgehead atoms. The van der Waals surface area contributed by atoms with Crippen LogP contribution in [0.3, 0.4) is 0 Å². The van der Waals surface area contributed by atoms with Crippen molar-refractivity contribution in [1.82, 2.24) is 25.4 Å². The number of amides is 3. The summed E-state index contributed by atoms with van der Waals surface area (Å²) in [5.74, 6) is 0.908. The molecule has 15 nitrogen and oxygen atoms in total.